The number of nitrogens with one attached hydrogen (secondary N) is 1. The number of carbonyl (C=O) groups is 1. The average Bonchev–Trinajstić information content (AvgIpc) is 3.49. The van der Waals surface area contributed by atoms with Gasteiger partial charge in [-0.3, -0.25) is 18.8 Å². The molecular weight excluding hydrogens is 516 g/mol. The lowest BCUT2D eigenvalue weighted by atomic mass is 10.1. The summed E-state index contributed by atoms with van der Waals surface area (Å²) in [6, 6.07) is 16.0. The van der Waals surface area contributed by atoms with Crippen molar-refractivity contribution in [2.24, 2.45) is 7.05 Å². The Balaban J connectivity index is 1.47. The summed E-state index contributed by atoms with van der Waals surface area (Å²) in [5, 5.41) is 12.2. The van der Waals surface area contributed by atoms with E-state index in [1.165, 1.54) is 0 Å². The standard InChI is InChI=1S/C31H28N8O2/c1-19-26(29-32-16-9-17-38(29)36-19)30(40)34-20(2)28-35-25-13-8-10-22(14-15-23-18-33-37(4)21(23)3)27(25)31(41)39(28)24-11-6-5-7-12-24/h5-18,20H,1-4H3,(H,34,40)/b15-14+/t20-/m0/s1. The van der Waals surface area contributed by atoms with Gasteiger partial charge in [-0.25, -0.2) is 14.5 Å². The summed E-state index contributed by atoms with van der Waals surface area (Å²) in [6.07, 6.45) is 9.02. The molecule has 204 valence electrons. The van der Waals surface area contributed by atoms with Gasteiger partial charge in [-0.2, -0.15) is 10.2 Å². The number of carbonyl (C=O) groups excluding carboxylic acids is 1. The van der Waals surface area contributed by atoms with Gasteiger partial charge in [-0.15, -0.1) is 0 Å². The van der Waals surface area contributed by atoms with Crippen molar-refractivity contribution in [1.82, 2.24) is 39.2 Å². The van der Waals surface area contributed by atoms with E-state index < -0.39 is 6.04 Å². The third-order valence-corrected chi connectivity index (χ3v) is 7.22. The topological polar surface area (TPSA) is 112 Å². The zero-order chi connectivity index (χ0) is 28.7. The van der Waals surface area contributed by atoms with Crippen LogP contribution in [0.15, 0.2) is 78.0 Å². The molecule has 10 nitrogen and oxygen atoms in total. The van der Waals surface area contributed by atoms with Crippen LogP contribution < -0.4 is 10.9 Å². The molecule has 6 rings (SSSR count). The zero-order valence-electron chi connectivity index (χ0n) is 23.1. The molecule has 0 fully saturated rings. The van der Waals surface area contributed by atoms with E-state index in [0.29, 0.717) is 39.3 Å². The van der Waals surface area contributed by atoms with Gasteiger partial charge in [0.05, 0.1) is 34.5 Å². The lowest BCUT2D eigenvalue weighted by molar-refractivity contribution is 0.0938. The molecule has 2 aromatic carbocycles. The zero-order valence-corrected chi connectivity index (χ0v) is 23.1. The number of nitrogens with zero attached hydrogens (tertiary/aromatic N) is 7. The predicted molar refractivity (Wildman–Crippen MR) is 158 cm³/mol. The molecular formula is C31H28N8O2. The molecule has 0 bridgehead atoms. The van der Waals surface area contributed by atoms with Crippen molar-refractivity contribution in [1.29, 1.82) is 0 Å². The predicted octanol–water partition coefficient (Wildman–Crippen LogP) is 4.44. The Morgan fingerprint density at radius 3 is 2.54 bits per heavy atom. The first-order chi connectivity index (χ1) is 19.8. The smallest absolute Gasteiger partial charge is 0.266 e. The molecule has 4 aromatic heterocycles. The van der Waals surface area contributed by atoms with E-state index in [9.17, 15) is 9.59 Å². The number of fused-ring (bicyclic) bond motifs is 2. The van der Waals surface area contributed by atoms with Gasteiger partial charge in [-0.1, -0.05) is 42.5 Å². The van der Waals surface area contributed by atoms with E-state index in [0.717, 1.165) is 16.8 Å². The number of benzene rings is 2. The van der Waals surface area contributed by atoms with Crippen LogP contribution in [0.3, 0.4) is 0 Å². The second-order valence-electron chi connectivity index (χ2n) is 9.87. The molecule has 0 radical (unpaired) electrons. The highest BCUT2D eigenvalue weighted by atomic mass is 16.2. The van der Waals surface area contributed by atoms with Gasteiger partial charge in [0, 0.05) is 30.7 Å². The highest BCUT2D eigenvalue weighted by molar-refractivity contribution is 6.01. The molecule has 10 heteroatoms. The van der Waals surface area contributed by atoms with E-state index in [-0.39, 0.29) is 11.5 Å². The Morgan fingerprint density at radius 1 is 1.00 bits per heavy atom. The van der Waals surface area contributed by atoms with Gasteiger partial charge in [0.25, 0.3) is 11.5 Å². The van der Waals surface area contributed by atoms with Crippen molar-refractivity contribution in [3.8, 4) is 5.69 Å². The van der Waals surface area contributed by atoms with E-state index in [4.69, 9.17) is 4.98 Å². The number of hydrogen-bond acceptors (Lipinski definition) is 6. The molecule has 0 aliphatic carbocycles. The van der Waals surface area contributed by atoms with Crippen LogP contribution in [0.4, 0.5) is 0 Å². The Kier molecular flexibility index (Phi) is 6.50. The highest BCUT2D eigenvalue weighted by Crippen LogP contribution is 2.23. The fourth-order valence-electron chi connectivity index (χ4n) is 4.98. The molecule has 1 atom stereocenters. The fourth-order valence-corrected chi connectivity index (χ4v) is 4.98. The minimum Gasteiger partial charge on any atom is -0.342 e. The Morgan fingerprint density at radius 2 is 1.78 bits per heavy atom. The first-order valence-electron chi connectivity index (χ1n) is 13.2. The molecule has 0 aliphatic rings. The maximum Gasteiger partial charge on any atom is 0.266 e. The van der Waals surface area contributed by atoms with Crippen molar-refractivity contribution in [3.63, 3.8) is 0 Å². The Bertz CT molecular complexity index is 2020. The second-order valence-corrected chi connectivity index (χ2v) is 9.87. The number of amides is 1. The number of para-hydroxylation sites is 1. The van der Waals surface area contributed by atoms with Crippen LogP contribution in [-0.2, 0) is 7.05 Å². The van der Waals surface area contributed by atoms with Gasteiger partial charge in [0.15, 0.2) is 5.65 Å². The Hall–Kier alpha value is -5.38. The fraction of sp³-hybridized carbons (Fsp3) is 0.161. The third kappa shape index (κ3) is 4.59. The quantitative estimate of drug-likeness (QED) is 0.332. The number of hydrogen-bond donors (Lipinski definition) is 1. The molecule has 4 heterocycles. The molecule has 1 amide bonds. The van der Waals surface area contributed by atoms with Crippen LogP contribution in [0, 0.1) is 13.8 Å². The Labute approximate surface area is 235 Å². The molecule has 41 heavy (non-hydrogen) atoms. The van der Waals surface area contributed by atoms with E-state index >= 15 is 0 Å². The normalized spacial score (nSPS) is 12.4. The number of aromatic nitrogens is 7. The van der Waals surface area contributed by atoms with E-state index in [2.05, 4.69) is 20.5 Å². The highest BCUT2D eigenvalue weighted by Gasteiger charge is 2.24. The summed E-state index contributed by atoms with van der Waals surface area (Å²) in [5.41, 5.74) is 5.08. The molecule has 0 saturated heterocycles. The summed E-state index contributed by atoms with van der Waals surface area (Å²) in [4.78, 5) is 37.0. The maximum atomic E-state index is 14.2. The molecule has 0 unspecified atom stereocenters. The summed E-state index contributed by atoms with van der Waals surface area (Å²) >= 11 is 0. The molecule has 0 spiro atoms. The average molecular weight is 545 g/mol. The monoisotopic (exact) mass is 544 g/mol. The summed E-state index contributed by atoms with van der Waals surface area (Å²) < 4.78 is 4.95. The second kappa shape index (κ2) is 10.3. The van der Waals surface area contributed by atoms with Gasteiger partial charge in [-0.05, 0) is 50.6 Å². The summed E-state index contributed by atoms with van der Waals surface area (Å²) in [6.45, 7) is 5.57. The van der Waals surface area contributed by atoms with E-state index in [1.807, 2.05) is 81.6 Å². The molecule has 0 aliphatic heterocycles. The van der Waals surface area contributed by atoms with Crippen LogP contribution in [0.1, 0.15) is 51.7 Å². The first-order valence-corrected chi connectivity index (χ1v) is 13.2. The van der Waals surface area contributed by atoms with E-state index in [1.54, 1.807) is 45.3 Å². The van der Waals surface area contributed by atoms with Crippen molar-refractivity contribution < 1.29 is 4.79 Å². The minimum absolute atomic E-state index is 0.228. The van der Waals surface area contributed by atoms with Crippen LogP contribution in [-0.4, -0.2) is 39.8 Å². The van der Waals surface area contributed by atoms with Crippen molar-refractivity contribution in [3.05, 3.63) is 117 Å². The van der Waals surface area contributed by atoms with Crippen molar-refractivity contribution in [2.75, 3.05) is 0 Å². The van der Waals surface area contributed by atoms with Gasteiger partial charge in [0.1, 0.15) is 11.4 Å². The lowest BCUT2D eigenvalue weighted by Crippen LogP contribution is -2.33. The van der Waals surface area contributed by atoms with Crippen molar-refractivity contribution in [2.45, 2.75) is 26.8 Å². The largest absolute Gasteiger partial charge is 0.342 e. The molecule has 0 saturated carbocycles. The van der Waals surface area contributed by atoms with Gasteiger partial charge < -0.3 is 5.32 Å². The van der Waals surface area contributed by atoms with Crippen molar-refractivity contribution >= 4 is 34.6 Å². The van der Waals surface area contributed by atoms with Crippen LogP contribution >= 0.6 is 0 Å². The summed E-state index contributed by atoms with van der Waals surface area (Å²) in [7, 11) is 1.89. The maximum absolute atomic E-state index is 14.2. The minimum atomic E-state index is -0.616. The van der Waals surface area contributed by atoms with Crippen LogP contribution in [0.5, 0.6) is 0 Å². The van der Waals surface area contributed by atoms with Crippen LogP contribution in [0.2, 0.25) is 0 Å². The van der Waals surface area contributed by atoms with Crippen LogP contribution in [0.25, 0.3) is 34.4 Å². The number of aryl methyl sites for hydroxylation is 2. The third-order valence-electron chi connectivity index (χ3n) is 7.22. The lowest BCUT2D eigenvalue weighted by Gasteiger charge is -2.20. The molecule has 1 N–H and O–H groups in total. The number of rotatable bonds is 6. The summed E-state index contributed by atoms with van der Waals surface area (Å²) in [5.74, 6) is 0.0644. The van der Waals surface area contributed by atoms with Gasteiger partial charge in [0.2, 0.25) is 0 Å². The van der Waals surface area contributed by atoms with Gasteiger partial charge >= 0.3 is 0 Å². The first kappa shape index (κ1) is 25.9. The SMILES string of the molecule is Cc1nn2cccnc2c1C(=O)N[C@@H](C)c1nc2cccc(/C=C/c3cnn(C)c3C)c2c(=O)n1-c1ccccc1. The molecule has 6 aromatic rings.